The first kappa shape index (κ1) is 14.9. The monoisotopic (exact) mass is 290 g/mol. The molecule has 0 aliphatic rings. The van der Waals surface area contributed by atoms with Gasteiger partial charge in [0, 0.05) is 18.8 Å². The van der Waals surface area contributed by atoms with Gasteiger partial charge in [-0.3, -0.25) is 9.36 Å². The zero-order valence-corrected chi connectivity index (χ0v) is 12.1. The molecule has 0 saturated heterocycles. The standard InChI is InChI=1S/C15H18N2O4/c1-3-16-9-8-14(18)17(15(16)19)10-11-21-13-6-4-12(20-2)5-7-13/h4-9H,3,10-11H2,1-2H3. The molecule has 21 heavy (non-hydrogen) atoms. The van der Waals surface area contributed by atoms with Crippen LogP contribution in [0, 0.1) is 0 Å². The van der Waals surface area contributed by atoms with Crippen LogP contribution in [-0.2, 0) is 13.1 Å². The van der Waals surface area contributed by atoms with Crippen LogP contribution in [0.3, 0.4) is 0 Å². The van der Waals surface area contributed by atoms with Crippen LogP contribution in [0.5, 0.6) is 11.5 Å². The summed E-state index contributed by atoms with van der Waals surface area (Å²) in [6.07, 6.45) is 1.51. The van der Waals surface area contributed by atoms with Crippen molar-refractivity contribution in [3.63, 3.8) is 0 Å². The molecule has 0 N–H and O–H groups in total. The van der Waals surface area contributed by atoms with Crippen molar-refractivity contribution < 1.29 is 9.47 Å². The lowest BCUT2D eigenvalue weighted by atomic mass is 10.3. The summed E-state index contributed by atoms with van der Waals surface area (Å²) < 4.78 is 13.2. The van der Waals surface area contributed by atoms with Gasteiger partial charge < -0.3 is 14.0 Å². The summed E-state index contributed by atoms with van der Waals surface area (Å²) in [7, 11) is 1.59. The molecule has 0 aliphatic carbocycles. The van der Waals surface area contributed by atoms with Crippen molar-refractivity contribution in [1.82, 2.24) is 9.13 Å². The van der Waals surface area contributed by atoms with Gasteiger partial charge in [-0.05, 0) is 31.2 Å². The summed E-state index contributed by atoms with van der Waals surface area (Å²) in [5.74, 6) is 1.41. The zero-order valence-electron chi connectivity index (χ0n) is 12.1. The number of methoxy groups -OCH3 is 1. The second-order valence-electron chi connectivity index (χ2n) is 4.40. The molecule has 0 fully saturated rings. The Hall–Kier alpha value is -2.50. The Morgan fingerprint density at radius 2 is 1.71 bits per heavy atom. The Morgan fingerprint density at radius 3 is 2.33 bits per heavy atom. The van der Waals surface area contributed by atoms with Crippen LogP contribution in [0.15, 0.2) is 46.1 Å². The van der Waals surface area contributed by atoms with E-state index in [0.29, 0.717) is 12.3 Å². The SMILES string of the molecule is CCn1ccc(=O)n(CCOc2ccc(OC)cc2)c1=O. The number of hydrogen-bond donors (Lipinski definition) is 0. The Kier molecular flexibility index (Phi) is 4.81. The maximum Gasteiger partial charge on any atom is 0.331 e. The summed E-state index contributed by atoms with van der Waals surface area (Å²) in [5.41, 5.74) is -0.633. The van der Waals surface area contributed by atoms with Crippen LogP contribution in [0.1, 0.15) is 6.92 Å². The topological polar surface area (TPSA) is 62.5 Å². The van der Waals surface area contributed by atoms with Crippen molar-refractivity contribution in [2.24, 2.45) is 0 Å². The second kappa shape index (κ2) is 6.78. The van der Waals surface area contributed by atoms with Gasteiger partial charge >= 0.3 is 5.69 Å². The van der Waals surface area contributed by atoms with Crippen molar-refractivity contribution in [3.8, 4) is 11.5 Å². The summed E-state index contributed by atoms with van der Waals surface area (Å²) in [6.45, 7) is 2.84. The Balaban J connectivity index is 2.03. The third-order valence-electron chi connectivity index (χ3n) is 3.12. The number of hydrogen-bond acceptors (Lipinski definition) is 4. The Morgan fingerprint density at radius 1 is 1.05 bits per heavy atom. The van der Waals surface area contributed by atoms with Crippen LogP contribution in [0.2, 0.25) is 0 Å². The molecule has 112 valence electrons. The van der Waals surface area contributed by atoms with Gasteiger partial charge in [0.15, 0.2) is 0 Å². The van der Waals surface area contributed by atoms with Gasteiger partial charge in [-0.2, -0.15) is 0 Å². The molecule has 2 aromatic rings. The molecular weight excluding hydrogens is 272 g/mol. The maximum absolute atomic E-state index is 12.0. The third kappa shape index (κ3) is 3.53. The van der Waals surface area contributed by atoms with Crippen LogP contribution in [-0.4, -0.2) is 22.9 Å². The fourth-order valence-electron chi connectivity index (χ4n) is 1.93. The van der Waals surface area contributed by atoms with Crippen LogP contribution < -0.4 is 20.7 Å². The van der Waals surface area contributed by atoms with E-state index in [1.807, 2.05) is 6.92 Å². The number of nitrogens with zero attached hydrogens (tertiary/aromatic N) is 2. The minimum Gasteiger partial charge on any atom is -0.497 e. The fraction of sp³-hybridized carbons (Fsp3) is 0.333. The average Bonchev–Trinajstić information content (AvgIpc) is 2.51. The molecule has 0 aliphatic heterocycles. The highest BCUT2D eigenvalue weighted by atomic mass is 16.5. The van der Waals surface area contributed by atoms with Gasteiger partial charge in [0.2, 0.25) is 0 Å². The smallest absolute Gasteiger partial charge is 0.331 e. The minimum absolute atomic E-state index is 0.213. The molecule has 0 bridgehead atoms. The first-order valence-electron chi connectivity index (χ1n) is 6.73. The van der Waals surface area contributed by atoms with Crippen molar-refractivity contribution in [1.29, 1.82) is 0 Å². The molecule has 0 spiro atoms. The lowest BCUT2D eigenvalue weighted by molar-refractivity contribution is 0.291. The lowest BCUT2D eigenvalue weighted by Gasteiger charge is -2.10. The van der Waals surface area contributed by atoms with E-state index in [1.165, 1.54) is 21.4 Å². The van der Waals surface area contributed by atoms with Gasteiger partial charge in [-0.25, -0.2) is 4.79 Å². The highest BCUT2D eigenvalue weighted by Gasteiger charge is 2.04. The van der Waals surface area contributed by atoms with Gasteiger partial charge in [-0.15, -0.1) is 0 Å². The van der Waals surface area contributed by atoms with E-state index in [4.69, 9.17) is 9.47 Å². The van der Waals surface area contributed by atoms with Crippen molar-refractivity contribution in [2.75, 3.05) is 13.7 Å². The molecule has 1 aromatic heterocycles. The Bertz CT molecular complexity index is 701. The molecule has 0 radical (unpaired) electrons. The quantitative estimate of drug-likeness (QED) is 0.799. The van der Waals surface area contributed by atoms with Gasteiger partial charge in [0.1, 0.15) is 18.1 Å². The van der Waals surface area contributed by atoms with Crippen LogP contribution >= 0.6 is 0 Å². The number of rotatable bonds is 6. The number of aromatic nitrogens is 2. The molecule has 1 aromatic carbocycles. The predicted octanol–water partition coefficient (Wildman–Crippen LogP) is 1.12. The summed E-state index contributed by atoms with van der Waals surface area (Å²) in [5, 5.41) is 0. The molecule has 6 nitrogen and oxygen atoms in total. The predicted molar refractivity (Wildman–Crippen MR) is 79.1 cm³/mol. The van der Waals surface area contributed by atoms with E-state index in [-0.39, 0.29) is 24.4 Å². The second-order valence-corrected chi connectivity index (χ2v) is 4.40. The highest BCUT2D eigenvalue weighted by Crippen LogP contribution is 2.16. The van der Waals surface area contributed by atoms with E-state index in [2.05, 4.69) is 0 Å². The van der Waals surface area contributed by atoms with Crippen LogP contribution in [0.4, 0.5) is 0 Å². The largest absolute Gasteiger partial charge is 0.497 e. The maximum atomic E-state index is 12.0. The molecule has 0 saturated carbocycles. The molecule has 0 atom stereocenters. The number of benzene rings is 1. The van der Waals surface area contributed by atoms with Gasteiger partial charge in [0.05, 0.1) is 13.7 Å². The van der Waals surface area contributed by atoms with E-state index < -0.39 is 0 Å². The van der Waals surface area contributed by atoms with E-state index >= 15 is 0 Å². The van der Waals surface area contributed by atoms with Gasteiger partial charge in [0.25, 0.3) is 5.56 Å². The molecule has 6 heteroatoms. The van der Waals surface area contributed by atoms with Gasteiger partial charge in [-0.1, -0.05) is 0 Å². The van der Waals surface area contributed by atoms with E-state index in [0.717, 1.165) is 5.75 Å². The van der Waals surface area contributed by atoms with E-state index in [9.17, 15) is 9.59 Å². The first-order valence-corrected chi connectivity index (χ1v) is 6.73. The Labute approximate surface area is 122 Å². The lowest BCUT2D eigenvalue weighted by Crippen LogP contribution is -2.39. The summed E-state index contributed by atoms with van der Waals surface area (Å²) >= 11 is 0. The summed E-state index contributed by atoms with van der Waals surface area (Å²) in [4.78, 5) is 23.7. The zero-order chi connectivity index (χ0) is 15.2. The van der Waals surface area contributed by atoms with Crippen molar-refractivity contribution in [3.05, 3.63) is 57.4 Å². The summed E-state index contributed by atoms with van der Waals surface area (Å²) in [6, 6.07) is 8.51. The third-order valence-corrected chi connectivity index (χ3v) is 3.12. The molecular formula is C15H18N2O4. The van der Waals surface area contributed by atoms with E-state index in [1.54, 1.807) is 31.4 Å². The molecule has 1 heterocycles. The normalized spacial score (nSPS) is 10.4. The first-order chi connectivity index (χ1) is 10.2. The van der Waals surface area contributed by atoms with Crippen molar-refractivity contribution in [2.45, 2.75) is 20.0 Å². The molecule has 0 unspecified atom stereocenters. The average molecular weight is 290 g/mol. The molecule has 2 rings (SSSR count). The highest BCUT2D eigenvalue weighted by molar-refractivity contribution is 5.31. The molecule has 0 amide bonds. The number of aryl methyl sites for hydroxylation is 1. The van der Waals surface area contributed by atoms with Crippen molar-refractivity contribution >= 4 is 0 Å². The minimum atomic E-state index is -0.317. The fourth-order valence-corrected chi connectivity index (χ4v) is 1.93. The number of ether oxygens (including phenoxy) is 2. The van der Waals surface area contributed by atoms with Crippen LogP contribution in [0.25, 0.3) is 0 Å².